The smallest absolute Gasteiger partial charge is 0.231 e. The molecule has 3 aromatic rings. The van der Waals surface area contributed by atoms with Crippen molar-refractivity contribution >= 4 is 10.8 Å². The van der Waals surface area contributed by atoms with Crippen molar-refractivity contribution in [2.75, 3.05) is 6.79 Å². The summed E-state index contributed by atoms with van der Waals surface area (Å²) in [6, 6.07) is 9.08. The molecule has 0 saturated heterocycles. The molecule has 1 N–H and O–H groups in total. The summed E-state index contributed by atoms with van der Waals surface area (Å²) in [6.45, 7) is -0.171. The molecule has 1 aliphatic heterocycles. The predicted octanol–water partition coefficient (Wildman–Crippen LogP) is 2.46. The molecule has 0 atom stereocenters. The molecule has 1 aliphatic carbocycles. The van der Waals surface area contributed by atoms with Crippen LogP contribution >= 0.6 is 0 Å². The highest BCUT2D eigenvalue weighted by Crippen LogP contribution is 2.53. The number of rotatable bonds is 1. The summed E-state index contributed by atoms with van der Waals surface area (Å²) in [5.74, 6) is 1.21. The molecule has 5 rings (SSSR count). The number of aliphatic hydroxyl groups excluding tert-OH is 1. The Kier molecular flexibility index (Phi) is 2.36. The molecule has 2 aliphatic rings. The Balaban J connectivity index is 2.05. The van der Waals surface area contributed by atoms with Crippen LogP contribution in [0.5, 0.6) is 11.5 Å². The number of aromatic nitrogens is 1. The maximum atomic E-state index is 12.9. The maximum Gasteiger partial charge on any atom is 0.231 e. The fourth-order valence-corrected chi connectivity index (χ4v) is 3.42. The van der Waals surface area contributed by atoms with E-state index in [4.69, 9.17) is 9.47 Å². The third-order valence-electron chi connectivity index (χ3n) is 4.41. The number of ether oxygens (including phenoxy) is 2. The lowest BCUT2D eigenvalue weighted by atomic mass is 10.0. The van der Waals surface area contributed by atoms with Crippen LogP contribution < -0.4 is 14.9 Å². The Labute approximate surface area is 130 Å². The molecular weight excluding hydrogens is 294 g/mol. The Morgan fingerprint density at radius 3 is 2.96 bits per heavy atom. The second-order valence-electron chi connectivity index (χ2n) is 5.57. The van der Waals surface area contributed by atoms with Crippen molar-refractivity contribution in [1.82, 2.24) is 4.98 Å². The molecule has 0 fully saturated rings. The maximum absolute atomic E-state index is 12.9. The minimum absolute atomic E-state index is 0.136. The number of hydrogen-bond acceptors (Lipinski definition) is 5. The van der Waals surface area contributed by atoms with E-state index < -0.39 is 0 Å². The number of benzene rings is 1. The van der Waals surface area contributed by atoms with Gasteiger partial charge in [0.15, 0.2) is 16.9 Å². The molecule has 2 aromatic carbocycles. The van der Waals surface area contributed by atoms with Crippen LogP contribution in [0.2, 0.25) is 0 Å². The van der Waals surface area contributed by atoms with Gasteiger partial charge in [-0.05, 0) is 17.5 Å². The summed E-state index contributed by atoms with van der Waals surface area (Å²) in [4.78, 5) is 17.4. The van der Waals surface area contributed by atoms with Crippen molar-refractivity contribution in [3.8, 4) is 33.9 Å². The topological polar surface area (TPSA) is 68.7 Å². The first-order chi connectivity index (χ1) is 11.3. The normalized spacial score (nSPS) is 13.4. The third-order valence-corrected chi connectivity index (χ3v) is 4.41. The fourth-order valence-electron chi connectivity index (χ4n) is 3.42. The van der Waals surface area contributed by atoms with Gasteiger partial charge < -0.3 is 14.6 Å². The van der Waals surface area contributed by atoms with E-state index in [2.05, 4.69) is 4.98 Å². The van der Waals surface area contributed by atoms with Crippen LogP contribution in [0.3, 0.4) is 0 Å². The van der Waals surface area contributed by atoms with Crippen LogP contribution in [0.4, 0.5) is 0 Å². The van der Waals surface area contributed by atoms with Gasteiger partial charge in [-0.2, -0.15) is 0 Å². The van der Waals surface area contributed by atoms with Crippen molar-refractivity contribution in [1.29, 1.82) is 0 Å². The minimum Gasteiger partial charge on any atom is -0.454 e. The Bertz CT molecular complexity index is 1060. The summed E-state index contributed by atoms with van der Waals surface area (Å²) in [5.41, 5.74) is 2.94. The zero-order valence-corrected chi connectivity index (χ0v) is 12.0. The molecule has 23 heavy (non-hydrogen) atoms. The monoisotopic (exact) mass is 305 g/mol. The molecule has 0 unspecified atom stereocenters. The van der Waals surface area contributed by atoms with E-state index in [0.717, 1.165) is 27.6 Å². The number of hydrogen-bond donors (Lipinski definition) is 1. The number of pyridine rings is 1. The molecule has 0 amide bonds. The summed E-state index contributed by atoms with van der Waals surface area (Å²) in [6.07, 6.45) is 1.73. The second kappa shape index (κ2) is 4.30. The lowest BCUT2D eigenvalue weighted by Gasteiger charge is -2.05. The van der Waals surface area contributed by atoms with Crippen LogP contribution in [-0.4, -0.2) is 16.9 Å². The lowest BCUT2D eigenvalue weighted by Crippen LogP contribution is -2.08. The summed E-state index contributed by atoms with van der Waals surface area (Å²) in [5, 5.41) is 11.4. The standard InChI is InChI=1S/C18H11NO4/c20-7-10-2-1-3-11-14(17(10)21)15-13-9(4-5-19-16(11)13)6-12-18(15)23-8-22-12/h1-6,20H,7-8H2. The molecule has 0 bridgehead atoms. The molecule has 1 aromatic heterocycles. The van der Waals surface area contributed by atoms with Crippen molar-refractivity contribution in [3.63, 3.8) is 0 Å². The second-order valence-corrected chi connectivity index (χ2v) is 5.57. The molecule has 0 saturated carbocycles. The fraction of sp³-hybridized carbons (Fsp3) is 0.111. The van der Waals surface area contributed by atoms with Crippen LogP contribution in [0.15, 0.2) is 41.3 Å². The largest absolute Gasteiger partial charge is 0.454 e. The molecule has 112 valence electrons. The predicted molar refractivity (Wildman–Crippen MR) is 84.5 cm³/mol. The van der Waals surface area contributed by atoms with Gasteiger partial charge in [0.05, 0.1) is 12.3 Å². The molecule has 5 nitrogen and oxygen atoms in total. The van der Waals surface area contributed by atoms with Gasteiger partial charge in [-0.25, -0.2) is 0 Å². The highest BCUT2D eigenvalue weighted by atomic mass is 16.7. The average molecular weight is 305 g/mol. The third kappa shape index (κ3) is 1.49. The summed E-state index contributed by atoms with van der Waals surface area (Å²) in [7, 11) is 0. The van der Waals surface area contributed by atoms with Gasteiger partial charge in [0.25, 0.3) is 0 Å². The first-order valence-corrected chi connectivity index (χ1v) is 7.28. The minimum atomic E-state index is -0.306. The zero-order valence-electron chi connectivity index (χ0n) is 12.0. The first kappa shape index (κ1) is 12.6. The van der Waals surface area contributed by atoms with Crippen LogP contribution in [-0.2, 0) is 6.61 Å². The van der Waals surface area contributed by atoms with Crippen LogP contribution in [0, 0.1) is 0 Å². The molecular formula is C18H11NO4. The van der Waals surface area contributed by atoms with E-state index in [1.807, 2.05) is 18.2 Å². The van der Waals surface area contributed by atoms with Gasteiger partial charge in [-0.1, -0.05) is 18.2 Å². The quantitative estimate of drug-likeness (QED) is 0.585. The van der Waals surface area contributed by atoms with Gasteiger partial charge in [0, 0.05) is 33.8 Å². The highest BCUT2D eigenvalue weighted by molar-refractivity contribution is 6.16. The lowest BCUT2D eigenvalue weighted by molar-refractivity contribution is 0.174. The molecule has 0 spiro atoms. The first-order valence-electron chi connectivity index (χ1n) is 7.28. The molecule has 5 heteroatoms. The Morgan fingerprint density at radius 2 is 2.09 bits per heavy atom. The van der Waals surface area contributed by atoms with Gasteiger partial charge in [-0.15, -0.1) is 0 Å². The Hall–Kier alpha value is -2.92. The SMILES string of the molecule is O=c1c(CO)cccc2c1-c1c3c(cc4ccnc-2c14)OCO3. The van der Waals surface area contributed by atoms with Crippen molar-refractivity contribution in [2.24, 2.45) is 0 Å². The number of nitrogens with zero attached hydrogens (tertiary/aromatic N) is 1. The number of aliphatic hydroxyl groups is 1. The van der Waals surface area contributed by atoms with Crippen molar-refractivity contribution in [2.45, 2.75) is 6.61 Å². The van der Waals surface area contributed by atoms with E-state index in [1.165, 1.54) is 0 Å². The molecule has 2 heterocycles. The number of fused-ring (bicyclic) bond motifs is 5. The van der Waals surface area contributed by atoms with E-state index in [0.29, 0.717) is 22.6 Å². The van der Waals surface area contributed by atoms with Gasteiger partial charge in [0.1, 0.15) is 0 Å². The summed E-state index contributed by atoms with van der Waals surface area (Å²) >= 11 is 0. The zero-order chi connectivity index (χ0) is 15.6. The van der Waals surface area contributed by atoms with E-state index in [9.17, 15) is 9.90 Å². The van der Waals surface area contributed by atoms with Gasteiger partial charge >= 0.3 is 0 Å². The van der Waals surface area contributed by atoms with Gasteiger partial charge in [0.2, 0.25) is 6.79 Å². The summed E-state index contributed by atoms with van der Waals surface area (Å²) < 4.78 is 11.1. The Morgan fingerprint density at radius 1 is 1.17 bits per heavy atom. The van der Waals surface area contributed by atoms with E-state index >= 15 is 0 Å². The van der Waals surface area contributed by atoms with E-state index in [-0.39, 0.29) is 18.8 Å². The van der Waals surface area contributed by atoms with Crippen molar-refractivity contribution in [3.05, 3.63) is 52.3 Å². The van der Waals surface area contributed by atoms with E-state index in [1.54, 1.807) is 18.3 Å². The van der Waals surface area contributed by atoms with Crippen LogP contribution in [0.1, 0.15) is 5.56 Å². The highest BCUT2D eigenvalue weighted by Gasteiger charge is 2.32. The molecule has 0 radical (unpaired) electrons. The van der Waals surface area contributed by atoms with Crippen molar-refractivity contribution < 1.29 is 14.6 Å². The van der Waals surface area contributed by atoms with Crippen LogP contribution in [0.25, 0.3) is 33.2 Å². The van der Waals surface area contributed by atoms with Gasteiger partial charge in [-0.3, -0.25) is 9.78 Å². The average Bonchev–Trinajstić information content (AvgIpc) is 3.11.